The number of aryl methyl sites for hydroxylation is 1. The molecule has 1 atom stereocenters. The van der Waals surface area contributed by atoms with Crippen molar-refractivity contribution in [3.05, 3.63) is 47.5 Å². The molecule has 0 radical (unpaired) electrons. The maximum Gasteiger partial charge on any atom is 0.311 e. The quantitative estimate of drug-likeness (QED) is 0.162. The van der Waals surface area contributed by atoms with Crippen molar-refractivity contribution >= 4 is 5.97 Å². The van der Waals surface area contributed by atoms with Gasteiger partial charge < -0.3 is 18.9 Å². The topological polar surface area (TPSA) is 54.0 Å². The second kappa shape index (κ2) is 13.9. The number of carbonyl (C=O) groups is 1. The molecule has 0 spiro atoms. The highest BCUT2D eigenvalue weighted by atomic mass is 16.5. The fourth-order valence-electron chi connectivity index (χ4n) is 4.45. The minimum atomic E-state index is -0.199. The largest absolute Gasteiger partial charge is 0.497 e. The van der Waals surface area contributed by atoms with E-state index in [1.165, 1.54) is 44.9 Å². The van der Waals surface area contributed by atoms with Crippen LogP contribution in [-0.2, 0) is 11.2 Å². The van der Waals surface area contributed by atoms with Crippen molar-refractivity contribution in [2.75, 3.05) is 14.2 Å². The number of hydrogen-bond donors (Lipinski definition) is 0. The smallest absolute Gasteiger partial charge is 0.311 e. The van der Waals surface area contributed by atoms with E-state index in [0.717, 1.165) is 48.3 Å². The number of fused-ring (bicyclic) bond motifs is 1. The molecule has 1 aliphatic rings. The lowest BCUT2D eigenvalue weighted by atomic mass is 9.96. The number of ether oxygens (including phenoxy) is 4. The van der Waals surface area contributed by atoms with Crippen LogP contribution in [0.15, 0.2) is 36.4 Å². The Morgan fingerprint density at radius 2 is 1.53 bits per heavy atom. The van der Waals surface area contributed by atoms with Gasteiger partial charge in [0.25, 0.3) is 0 Å². The van der Waals surface area contributed by atoms with Gasteiger partial charge in [-0.15, -0.1) is 0 Å². The standard InChI is InChI=1S/C29H40O5/c1-4-5-6-7-8-9-10-11-12-13-29(30)34-28-21-24(32-3)17-18-25(28)26-19-15-22-14-16-23(31-2)20-27(22)33-26/h14,16-18,20-21,26H,4-13,15,19H2,1-3H3. The van der Waals surface area contributed by atoms with E-state index in [2.05, 4.69) is 6.92 Å². The van der Waals surface area contributed by atoms with Gasteiger partial charge in [-0.2, -0.15) is 0 Å². The molecule has 34 heavy (non-hydrogen) atoms. The van der Waals surface area contributed by atoms with E-state index >= 15 is 0 Å². The van der Waals surface area contributed by atoms with Crippen molar-refractivity contribution in [3.8, 4) is 23.0 Å². The molecule has 0 aliphatic carbocycles. The van der Waals surface area contributed by atoms with Gasteiger partial charge in [0.05, 0.1) is 14.2 Å². The lowest BCUT2D eigenvalue weighted by Crippen LogP contribution is -2.17. The third-order valence-electron chi connectivity index (χ3n) is 6.50. The zero-order valence-corrected chi connectivity index (χ0v) is 21.1. The molecule has 0 saturated carbocycles. The van der Waals surface area contributed by atoms with Gasteiger partial charge in [0.2, 0.25) is 0 Å². The van der Waals surface area contributed by atoms with Crippen LogP contribution in [0.5, 0.6) is 23.0 Å². The van der Waals surface area contributed by atoms with Crippen LogP contribution in [0.2, 0.25) is 0 Å². The molecule has 2 aromatic carbocycles. The third-order valence-corrected chi connectivity index (χ3v) is 6.50. The molecule has 0 fully saturated rings. The van der Waals surface area contributed by atoms with Crippen LogP contribution in [-0.4, -0.2) is 20.2 Å². The normalized spacial score (nSPS) is 14.7. The first-order valence-corrected chi connectivity index (χ1v) is 12.9. The molecule has 2 aromatic rings. The fraction of sp³-hybridized carbons (Fsp3) is 0.552. The van der Waals surface area contributed by atoms with Crippen LogP contribution in [0.1, 0.15) is 94.8 Å². The molecule has 0 saturated heterocycles. The summed E-state index contributed by atoms with van der Waals surface area (Å²) in [4.78, 5) is 12.6. The van der Waals surface area contributed by atoms with Gasteiger partial charge in [0, 0.05) is 24.1 Å². The highest BCUT2D eigenvalue weighted by Gasteiger charge is 2.26. The summed E-state index contributed by atoms with van der Waals surface area (Å²) < 4.78 is 22.9. The van der Waals surface area contributed by atoms with Crippen molar-refractivity contribution in [1.82, 2.24) is 0 Å². The second-order valence-corrected chi connectivity index (χ2v) is 9.08. The number of benzene rings is 2. The van der Waals surface area contributed by atoms with Crippen molar-refractivity contribution in [2.24, 2.45) is 0 Å². The Hall–Kier alpha value is -2.69. The Labute approximate surface area is 204 Å². The Bertz CT molecular complexity index is 907. The highest BCUT2D eigenvalue weighted by molar-refractivity contribution is 5.73. The van der Waals surface area contributed by atoms with Crippen molar-refractivity contribution in [2.45, 2.75) is 90.1 Å². The Kier molecular flexibility index (Phi) is 10.6. The average Bonchev–Trinajstić information content (AvgIpc) is 2.87. The van der Waals surface area contributed by atoms with Gasteiger partial charge in [-0.25, -0.2) is 0 Å². The predicted octanol–water partition coefficient (Wildman–Crippen LogP) is 7.60. The number of methoxy groups -OCH3 is 2. The Balaban J connectivity index is 1.54. The molecule has 0 amide bonds. The molecule has 1 unspecified atom stereocenters. The lowest BCUT2D eigenvalue weighted by molar-refractivity contribution is -0.134. The molecule has 186 valence electrons. The van der Waals surface area contributed by atoms with Crippen LogP contribution in [0, 0.1) is 0 Å². The maximum absolute atomic E-state index is 12.6. The number of carbonyl (C=O) groups excluding carboxylic acids is 1. The van der Waals surface area contributed by atoms with E-state index in [0.29, 0.717) is 17.9 Å². The second-order valence-electron chi connectivity index (χ2n) is 9.08. The maximum atomic E-state index is 12.6. The summed E-state index contributed by atoms with van der Waals surface area (Å²) in [6.07, 6.45) is 12.9. The highest BCUT2D eigenvalue weighted by Crippen LogP contribution is 2.40. The molecule has 5 nitrogen and oxygen atoms in total. The van der Waals surface area contributed by atoms with Gasteiger partial charge in [-0.3, -0.25) is 4.79 Å². The lowest BCUT2D eigenvalue weighted by Gasteiger charge is -2.28. The van der Waals surface area contributed by atoms with E-state index in [4.69, 9.17) is 18.9 Å². The molecular formula is C29H40O5. The molecule has 0 aromatic heterocycles. The fourth-order valence-corrected chi connectivity index (χ4v) is 4.45. The minimum Gasteiger partial charge on any atom is -0.497 e. The summed E-state index contributed by atoms with van der Waals surface area (Å²) in [5.74, 6) is 2.57. The number of esters is 1. The number of unbranched alkanes of at least 4 members (excludes halogenated alkanes) is 8. The number of rotatable bonds is 14. The summed E-state index contributed by atoms with van der Waals surface area (Å²) in [7, 11) is 3.26. The van der Waals surface area contributed by atoms with Crippen molar-refractivity contribution in [3.63, 3.8) is 0 Å². The monoisotopic (exact) mass is 468 g/mol. The predicted molar refractivity (Wildman–Crippen MR) is 135 cm³/mol. The molecule has 3 rings (SSSR count). The van der Waals surface area contributed by atoms with Crippen LogP contribution < -0.4 is 18.9 Å². The first-order chi connectivity index (χ1) is 16.6. The van der Waals surface area contributed by atoms with Gasteiger partial charge in [-0.1, -0.05) is 64.4 Å². The van der Waals surface area contributed by atoms with Crippen LogP contribution in [0.25, 0.3) is 0 Å². The zero-order chi connectivity index (χ0) is 24.2. The van der Waals surface area contributed by atoms with E-state index in [1.54, 1.807) is 20.3 Å². The third kappa shape index (κ3) is 7.68. The summed E-state index contributed by atoms with van der Waals surface area (Å²) in [5.41, 5.74) is 2.03. The molecule has 0 bridgehead atoms. The zero-order valence-electron chi connectivity index (χ0n) is 21.1. The van der Waals surface area contributed by atoms with Gasteiger partial charge >= 0.3 is 5.97 Å². The van der Waals surface area contributed by atoms with Gasteiger partial charge in [0.1, 0.15) is 29.1 Å². The van der Waals surface area contributed by atoms with E-state index in [1.807, 2.05) is 30.3 Å². The Morgan fingerprint density at radius 1 is 0.882 bits per heavy atom. The van der Waals surface area contributed by atoms with Gasteiger partial charge in [-0.05, 0) is 43.0 Å². The van der Waals surface area contributed by atoms with Crippen LogP contribution in [0.3, 0.4) is 0 Å². The van der Waals surface area contributed by atoms with Crippen LogP contribution in [0.4, 0.5) is 0 Å². The molecule has 1 aliphatic heterocycles. The summed E-state index contributed by atoms with van der Waals surface area (Å²) in [6.45, 7) is 2.24. The Morgan fingerprint density at radius 3 is 2.24 bits per heavy atom. The van der Waals surface area contributed by atoms with E-state index < -0.39 is 0 Å². The van der Waals surface area contributed by atoms with E-state index in [9.17, 15) is 4.79 Å². The molecule has 1 heterocycles. The van der Waals surface area contributed by atoms with Crippen molar-refractivity contribution < 1.29 is 23.7 Å². The SMILES string of the molecule is CCCCCCCCCCCC(=O)Oc1cc(OC)ccc1C1CCc2ccc(OC)cc2O1. The van der Waals surface area contributed by atoms with Crippen LogP contribution >= 0.6 is 0 Å². The first kappa shape index (κ1) is 25.9. The van der Waals surface area contributed by atoms with Gasteiger partial charge in [0.15, 0.2) is 0 Å². The average molecular weight is 469 g/mol. The summed E-state index contributed by atoms with van der Waals surface area (Å²) in [5, 5.41) is 0. The van der Waals surface area contributed by atoms with Crippen molar-refractivity contribution in [1.29, 1.82) is 0 Å². The van der Waals surface area contributed by atoms with E-state index in [-0.39, 0.29) is 12.1 Å². The molecule has 5 heteroatoms. The summed E-state index contributed by atoms with van der Waals surface area (Å²) in [6, 6.07) is 11.5. The summed E-state index contributed by atoms with van der Waals surface area (Å²) >= 11 is 0. The number of hydrogen-bond acceptors (Lipinski definition) is 5. The first-order valence-electron chi connectivity index (χ1n) is 12.9. The minimum absolute atomic E-state index is 0.193. The molecule has 0 N–H and O–H groups in total. The molecular weight excluding hydrogens is 428 g/mol.